The molecule has 2 saturated carbocycles. The minimum Gasteiger partial charge on any atom is -0.462 e. The highest BCUT2D eigenvalue weighted by molar-refractivity contribution is 7.92. The van der Waals surface area contributed by atoms with Crippen molar-refractivity contribution in [2.75, 3.05) is 0 Å². The Bertz CT molecular complexity index is 752. The molecule has 4 rings (SSSR count). The quantitative estimate of drug-likeness (QED) is 0.154. The van der Waals surface area contributed by atoms with Crippen LogP contribution in [0.5, 0.6) is 0 Å². The van der Waals surface area contributed by atoms with Gasteiger partial charge in [-0.15, -0.1) is 18.2 Å². The molecule has 8 nitrogen and oxygen atoms in total. The molecule has 15 atom stereocenters. The normalized spacial score (nSPS) is 36.6. The number of rotatable bonds is 14. The smallest absolute Gasteiger partial charge is 0.336 e. The van der Waals surface area contributed by atoms with E-state index in [1.807, 2.05) is 0 Å². The molecule has 230 valence electrons. The van der Waals surface area contributed by atoms with Gasteiger partial charge in [0.25, 0.3) is 0 Å². The van der Waals surface area contributed by atoms with E-state index in [4.69, 9.17) is 23.2 Å². The zero-order valence-electron chi connectivity index (χ0n) is 23.6. The van der Waals surface area contributed by atoms with Crippen LogP contribution in [0.2, 0.25) is 0 Å². The average Bonchev–Trinajstić information content (AvgIpc) is 3.59. The Morgan fingerprint density at radius 2 is 1.54 bits per heavy atom. The van der Waals surface area contributed by atoms with Crippen molar-refractivity contribution in [3.8, 4) is 0 Å². The average molecular weight is 634 g/mol. The number of hydrogen-bond acceptors (Lipinski definition) is 8. The lowest BCUT2D eigenvalue weighted by molar-refractivity contribution is -0.141. The van der Waals surface area contributed by atoms with Crippen molar-refractivity contribution in [3.05, 3.63) is 0 Å². The molecule has 39 heavy (non-hydrogen) atoms. The maximum absolute atomic E-state index is 11.5. The molecule has 2 aliphatic carbocycles. The summed E-state index contributed by atoms with van der Waals surface area (Å²) in [6, 6.07) is 0. The van der Waals surface area contributed by atoms with Crippen molar-refractivity contribution < 1.29 is 41.0 Å². The Labute approximate surface area is 247 Å². The van der Waals surface area contributed by atoms with Crippen LogP contribution in [0.15, 0.2) is 0 Å². The minimum absolute atomic E-state index is 0. The van der Waals surface area contributed by atoms with Crippen molar-refractivity contribution >= 4 is 49.5 Å². The van der Waals surface area contributed by atoms with Crippen molar-refractivity contribution in [2.24, 2.45) is 23.7 Å². The number of ether oxygens (including phenoxy) is 2. The summed E-state index contributed by atoms with van der Waals surface area (Å²) in [6.45, 7) is 4.32. The third-order valence-corrected chi connectivity index (χ3v) is 10.1. The lowest BCUT2D eigenvalue weighted by Gasteiger charge is -2.26. The van der Waals surface area contributed by atoms with E-state index in [1.165, 1.54) is 0 Å². The monoisotopic (exact) mass is 634 g/mol. The van der Waals surface area contributed by atoms with E-state index in [9.17, 15) is 15.0 Å². The predicted molar refractivity (Wildman–Crippen MR) is 171 cm³/mol. The number of carbonyl (C=O) groups excluding carboxylic acids is 1. The van der Waals surface area contributed by atoms with Crippen LogP contribution < -0.4 is 0 Å². The highest BCUT2D eigenvalue weighted by Gasteiger charge is 2.50. The van der Waals surface area contributed by atoms with E-state index in [0.29, 0.717) is 37.0 Å². The number of carbonyl (C=O) groups is 1. The first kappa shape index (κ1) is 34.5. The first-order valence-electron chi connectivity index (χ1n) is 14.8. The fourth-order valence-electron chi connectivity index (χ4n) is 7.21. The van der Waals surface area contributed by atoms with Gasteiger partial charge in [-0.1, -0.05) is 26.7 Å². The van der Waals surface area contributed by atoms with Gasteiger partial charge in [-0.2, -0.15) is 0 Å². The van der Waals surface area contributed by atoms with Crippen LogP contribution in [-0.2, 0) is 28.0 Å². The summed E-state index contributed by atoms with van der Waals surface area (Å²) in [6.07, 6.45) is 11.0. The maximum atomic E-state index is 11.5. The molecule has 0 aromatic heterocycles. The number of hydrogen-bond donors (Lipinski definition) is 2. The summed E-state index contributed by atoms with van der Waals surface area (Å²) in [5, 5.41) is 19.6. The molecule has 4 fully saturated rings. The summed E-state index contributed by atoms with van der Waals surface area (Å²) < 4.78 is 27.7. The van der Waals surface area contributed by atoms with Gasteiger partial charge in [-0.3, -0.25) is 4.79 Å². The largest absolute Gasteiger partial charge is 0.462 e. The van der Waals surface area contributed by atoms with Crippen LogP contribution in [0.4, 0.5) is 0 Å². The second kappa shape index (κ2) is 17.3. The molecule has 0 amide bonds. The molecule has 0 spiro atoms. The Morgan fingerprint density at radius 1 is 0.923 bits per heavy atom. The first-order chi connectivity index (χ1) is 18.7. The maximum Gasteiger partial charge on any atom is 0.336 e. The molecule has 2 heterocycles. The molecule has 13 heteroatoms. The van der Waals surface area contributed by atoms with Gasteiger partial charge >= 0.3 is 12.3 Å². The van der Waals surface area contributed by atoms with Crippen LogP contribution in [0.1, 0.15) is 93.8 Å². The number of aliphatic hydroxyl groups is 2. The van der Waals surface area contributed by atoms with E-state index >= 15 is 0 Å². The van der Waals surface area contributed by atoms with E-state index in [-0.39, 0.29) is 57.7 Å². The summed E-state index contributed by atoms with van der Waals surface area (Å²) in [5.74, 6) is 1.25. The molecule has 5 unspecified atom stereocenters. The van der Waals surface area contributed by atoms with Gasteiger partial charge in [-0.25, -0.2) is 0 Å². The molecule has 0 radical (unpaired) electrons. The van der Waals surface area contributed by atoms with E-state index in [1.54, 1.807) is 0 Å². The molecule has 0 aromatic rings. The molecule has 0 bridgehead atoms. The molecule has 4 aliphatic rings. The number of aliphatic hydroxyl groups excluding tert-OH is 2. The van der Waals surface area contributed by atoms with Gasteiger partial charge in [0.2, 0.25) is 0 Å². The highest BCUT2D eigenvalue weighted by atomic mass is 31.1. The fraction of sp³-hybridized carbons (Fsp3) is 0.962. The van der Waals surface area contributed by atoms with Crippen molar-refractivity contribution in [3.63, 3.8) is 0 Å². The Hall–Kier alpha value is 1.01. The van der Waals surface area contributed by atoms with E-state index < -0.39 is 6.29 Å². The lowest BCUT2D eigenvalue weighted by Crippen LogP contribution is -2.27. The van der Waals surface area contributed by atoms with Gasteiger partial charge in [0.15, 0.2) is 6.29 Å². The second-order valence-corrected chi connectivity index (χ2v) is 14.3. The van der Waals surface area contributed by atoms with Crippen LogP contribution in [0.3, 0.4) is 0 Å². The summed E-state index contributed by atoms with van der Waals surface area (Å²) in [7, 11) is 10.0. The molecule has 0 aromatic carbocycles. The third kappa shape index (κ3) is 10.0. The minimum atomic E-state index is -0.626. The number of fused-ring (bicyclic) bond motifs is 2. The zero-order valence-corrected chi connectivity index (χ0v) is 28.2. The molecule has 2 N–H and O–H groups in total. The van der Waals surface area contributed by atoms with Gasteiger partial charge in [0, 0.05) is 53.1 Å². The zero-order chi connectivity index (χ0) is 28.5. The van der Waals surface area contributed by atoms with Gasteiger partial charge in [0.05, 0.1) is 30.8 Å². The summed E-state index contributed by atoms with van der Waals surface area (Å²) >= 11 is 0. The molecular formula is C26H55BO8P4. The van der Waals surface area contributed by atoms with Crippen molar-refractivity contribution in [1.82, 2.24) is 0 Å². The standard InChI is InChI=1S/C13H26BO4P3.C13H25O4P.2H2/c1-2-3-8(18-21)4-5-9-10-6-13(15)16-11(10)7-12(9)17-14(19)20;1-2-3-8(17-18)4-5-9-10-6-13(15)16-12(10)7-11(9)14;;/h8-12H,2-7,19-21H2,1H3;8-15H,2-7,18H2,1H3;2*1H/t8-,9+,10+,11-,12+;8-,9+,10+,11+,12-,13?;;/m00../s1/i;;2*1+2. The van der Waals surface area contributed by atoms with E-state index in [0.717, 1.165) is 57.8 Å². The highest BCUT2D eigenvalue weighted by Crippen LogP contribution is 2.46. The van der Waals surface area contributed by atoms with Gasteiger partial charge < -0.3 is 33.4 Å². The predicted octanol–water partition coefficient (Wildman–Crippen LogP) is 5.15. The van der Waals surface area contributed by atoms with Crippen LogP contribution in [0, 0.1) is 23.7 Å². The third-order valence-electron chi connectivity index (χ3n) is 9.04. The van der Waals surface area contributed by atoms with Gasteiger partial charge in [-0.05, 0) is 56.3 Å². The van der Waals surface area contributed by atoms with Crippen molar-refractivity contribution in [2.45, 2.75) is 134 Å². The first-order valence-corrected chi connectivity index (χ1v) is 17.1. The van der Waals surface area contributed by atoms with Crippen LogP contribution >= 0.6 is 37.2 Å². The Morgan fingerprint density at radius 3 is 2.10 bits per heavy atom. The Balaban J connectivity index is 0.000000395. The number of esters is 1. The second-order valence-electron chi connectivity index (χ2n) is 11.7. The van der Waals surface area contributed by atoms with Crippen LogP contribution in [0.25, 0.3) is 0 Å². The fourth-order valence-corrected chi connectivity index (χ4v) is 8.15. The van der Waals surface area contributed by atoms with Crippen LogP contribution in [-0.4, -0.2) is 65.5 Å². The van der Waals surface area contributed by atoms with Gasteiger partial charge in [0.1, 0.15) is 6.10 Å². The summed E-state index contributed by atoms with van der Waals surface area (Å²) in [4.78, 5) is 11.5. The summed E-state index contributed by atoms with van der Waals surface area (Å²) in [5.41, 5.74) is 0. The Kier molecular flexibility index (Phi) is 15.3. The molecule has 2 aliphatic heterocycles. The SMILES string of the molecule is CCC[C@@H](CC[C@@H]1[C@H]2CC(=O)O[C@H]2C[C@H]1OB(P)P)OP.CCC[C@@H](CC[C@@H]1[C@H]2CC(O)O[C@H]2C[C@H]1O)OP.[3HH].[3HH]. The molecular weight excluding hydrogens is 575 g/mol. The molecule has 2 saturated heterocycles. The lowest BCUT2D eigenvalue weighted by atomic mass is 9.86. The van der Waals surface area contributed by atoms with E-state index in [2.05, 4.69) is 51.0 Å². The topological polar surface area (TPSA) is 104 Å². The van der Waals surface area contributed by atoms with Crippen molar-refractivity contribution in [1.29, 1.82) is 0 Å².